The number of nitrogens with two attached hydrogens (primary N) is 1. The summed E-state index contributed by atoms with van der Waals surface area (Å²) in [7, 11) is 7.81. The molecule has 39 heavy (non-hydrogen) atoms. The van der Waals surface area contributed by atoms with Gasteiger partial charge in [-0.2, -0.15) is 0 Å². The van der Waals surface area contributed by atoms with E-state index in [0.717, 1.165) is 46.9 Å². The van der Waals surface area contributed by atoms with E-state index >= 15 is 0 Å². The van der Waals surface area contributed by atoms with Crippen molar-refractivity contribution in [1.29, 1.82) is 0 Å². The highest BCUT2D eigenvalue weighted by atomic mass is 19.1. The van der Waals surface area contributed by atoms with Crippen LogP contribution in [0.15, 0.2) is 47.6 Å². The molecule has 3 aromatic rings. The third-order valence-corrected chi connectivity index (χ3v) is 6.74. The second kappa shape index (κ2) is 12.3. The highest BCUT2D eigenvalue weighted by molar-refractivity contribution is 5.95. The Morgan fingerprint density at radius 2 is 1.90 bits per heavy atom. The Hall–Kier alpha value is -3.85. The van der Waals surface area contributed by atoms with Gasteiger partial charge in [0.05, 0.1) is 18.3 Å². The van der Waals surface area contributed by atoms with E-state index < -0.39 is 0 Å². The highest BCUT2D eigenvalue weighted by Gasteiger charge is 2.16. The summed E-state index contributed by atoms with van der Waals surface area (Å²) >= 11 is 0. The van der Waals surface area contributed by atoms with E-state index in [0.29, 0.717) is 22.4 Å². The van der Waals surface area contributed by atoms with Crippen LogP contribution in [0.2, 0.25) is 0 Å². The van der Waals surface area contributed by atoms with Crippen molar-refractivity contribution in [3.05, 3.63) is 65.4 Å². The Bertz CT molecular complexity index is 1420. The largest absolute Gasteiger partial charge is 0.494 e. The molecule has 0 fully saturated rings. The number of allylic oxidation sites excluding steroid dienone is 2. The van der Waals surface area contributed by atoms with E-state index in [1.54, 1.807) is 13.3 Å². The van der Waals surface area contributed by atoms with Gasteiger partial charge in [-0.25, -0.2) is 14.4 Å². The molecule has 0 radical (unpaired) electrons. The molecule has 0 spiro atoms. The molecule has 2 aromatic carbocycles. The molecule has 0 saturated carbocycles. The molecule has 0 aliphatic carbocycles. The Labute approximate surface area is 231 Å². The molecule has 1 aromatic heterocycles. The summed E-state index contributed by atoms with van der Waals surface area (Å²) in [5.41, 5.74) is 12.3. The molecule has 0 aliphatic rings. The maximum atomic E-state index is 14.9. The minimum absolute atomic E-state index is 0.151. The van der Waals surface area contributed by atoms with Crippen molar-refractivity contribution >= 4 is 33.9 Å². The van der Waals surface area contributed by atoms with E-state index in [9.17, 15) is 4.39 Å². The van der Waals surface area contributed by atoms with E-state index in [1.165, 1.54) is 6.07 Å². The number of nitrogens with one attached hydrogen (secondary N) is 1. The molecule has 8 nitrogen and oxygen atoms in total. The number of halogens is 1. The Balaban J connectivity index is 1.83. The van der Waals surface area contributed by atoms with Gasteiger partial charge in [0.25, 0.3) is 0 Å². The van der Waals surface area contributed by atoms with Crippen LogP contribution in [-0.4, -0.2) is 61.8 Å². The van der Waals surface area contributed by atoms with Crippen LogP contribution in [0.5, 0.6) is 5.75 Å². The van der Waals surface area contributed by atoms with Gasteiger partial charge in [0, 0.05) is 44.1 Å². The summed E-state index contributed by atoms with van der Waals surface area (Å²) < 4.78 is 22.6. The monoisotopic (exact) mass is 535 g/mol. The van der Waals surface area contributed by atoms with Crippen molar-refractivity contribution < 1.29 is 9.13 Å². The fourth-order valence-corrected chi connectivity index (χ4v) is 4.56. The van der Waals surface area contributed by atoms with Crippen molar-refractivity contribution in [3.8, 4) is 5.75 Å². The molecule has 0 unspecified atom stereocenters. The maximum absolute atomic E-state index is 14.9. The summed E-state index contributed by atoms with van der Waals surface area (Å²) in [5.74, 6) is 1.26. The number of aryl methyl sites for hydroxylation is 2. The van der Waals surface area contributed by atoms with Gasteiger partial charge in [-0.3, -0.25) is 0 Å². The van der Waals surface area contributed by atoms with Crippen LogP contribution in [0.4, 0.5) is 15.8 Å². The molecule has 9 heteroatoms. The molecule has 210 valence electrons. The van der Waals surface area contributed by atoms with Crippen LogP contribution in [-0.2, 0) is 0 Å². The van der Waals surface area contributed by atoms with Crippen molar-refractivity contribution in [2.75, 3.05) is 51.6 Å². The van der Waals surface area contributed by atoms with E-state index in [-0.39, 0.29) is 17.8 Å². The van der Waals surface area contributed by atoms with Crippen LogP contribution in [0, 0.1) is 19.7 Å². The number of rotatable bonds is 10. The standard InChI is InChI=1S/C30H42FN7O/c1-18(2)38-22(6)34-29-24(31)14-23(15-27(29)38)21(5)20(4)17-33-30(32)35-25-13-19(3)26(16-28(25)39-10)37(9)12-11-36(7)8/h13-18H,5,11-12H2,1-4,6-10H3,(H3,32,33,35)/b20-17-. The number of likely N-dealkylation sites (N-methyl/N-ethyl adjacent to an activating group) is 2. The first-order chi connectivity index (χ1) is 18.3. The lowest BCUT2D eigenvalue weighted by molar-refractivity contribution is 0.413. The van der Waals surface area contributed by atoms with Gasteiger partial charge in [0.15, 0.2) is 11.8 Å². The number of imidazole rings is 1. The zero-order chi connectivity index (χ0) is 29.0. The van der Waals surface area contributed by atoms with E-state index in [2.05, 4.69) is 73.6 Å². The minimum Gasteiger partial charge on any atom is -0.494 e. The third-order valence-electron chi connectivity index (χ3n) is 6.74. The number of aliphatic imine (C=N–C) groups is 1. The average molecular weight is 536 g/mol. The van der Waals surface area contributed by atoms with Crippen LogP contribution < -0.4 is 20.7 Å². The smallest absolute Gasteiger partial charge is 0.197 e. The molecular weight excluding hydrogens is 493 g/mol. The molecule has 0 saturated heterocycles. The number of fused-ring (bicyclic) bond motifs is 1. The minimum atomic E-state index is -0.373. The zero-order valence-electron chi connectivity index (χ0n) is 24.7. The van der Waals surface area contributed by atoms with Gasteiger partial charge < -0.3 is 30.2 Å². The number of hydrogen-bond donors (Lipinski definition) is 2. The fourth-order valence-electron chi connectivity index (χ4n) is 4.56. The lowest BCUT2D eigenvalue weighted by Crippen LogP contribution is -2.29. The Kier molecular flexibility index (Phi) is 9.40. The van der Waals surface area contributed by atoms with Crippen molar-refractivity contribution in [1.82, 2.24) is 14.5 Å². The van der Waals surface area contributed by atoms with Crippen LogP contribution in [0.3, 0.4) is 0 Å². The third kappa shape index (κ3) is 6.78. The normalized spacial score (nSPS) is 12.5. The SMILES string of the molecule is C=C(/C(C)=C\N=C(N)Nc1cc(C)c(N(C)CCN(C)C)cc1OC)c1cc(F)c2nc(C)n(C(C)C)c2c1. The topological polar surface area (TPSA) is 83.9 Å². The van der Waals surface area contributed by atoms with Crippen LogP contribution >= 0.6 is 0 Å². The van der Waals surface area contributed by atoms with Crippen LogP contribution in [0.25, 0.3) is 16.6 Å². The summed E-state index contributed by atoms with van der Waals surface area (Å²) in [4.78, 5) is 13.2. The number of methoxy groups -OCH3 is 1. The molecule has 3 rings (SSSR count). The quantitative estimate of drug-likeness (QED) is 0.196. The number of nitrogens with zero attached hydrogens (tertiary/aromatic N) is 5. The average Bonchev–Trinajstić information content (AvgIpc) is 3.22. The highest BCUT2D eigenvalue weighted by Crippen LogP contribution is 2.33. The molecule has 0 amide bonds. The summed E-state index contributed by atoms with van der Waals surface area (Å²) in [6.07, 6.45) is 1.63. The molecule has 3 N–H and O–H groups in total. The fraction of sp³-hybridized carbons (Fsp3) is 0.400. The van der Waals surface area contributed by atoms with Gasteiger partial charge in [0.1, 0.15) is 17.1 Å². The number of ether oxygens (including phenoxy) is 1. The first-order valence-corrected chi connectivity index (χ1v) is 13.0. The van der Waals surface area contributed by atoms with Crippen molar-refractivity contribution in [2.24, 2.45) is 10.7 Å². The second-order valence-electron chi connectivity index (χ2n) is 10.4. The molecule has 1 heterocycles. The predicted octanol–water partition coefficient (Wildman–Crippen LogP) is 5.72. The molecule has 0 bridgehead atoms. The van der Waals surface area contributed by atoms with Gasteiger partial charge in [0.2, 0.25) is 0 Å². The summed E-state index contributed by atoms with van der Waals surface area (Å²) in [6, 6.07) is 7.54. The first kappa shape index (κ1) is 29.7. The number of anilines is 2. The first-order valence-electron chi connectivity index (χ1n) is 13.0. The number of hydrogen-bond acceptors (Lipinski definition) is 5. The summed E-state index contributed by atoms with van der Waals surface area (Å²) in [5, 5.41) is 3.14. The van der Waals surface area contributed by atoms with Crippen molar-refractivity contribution in [2.45, 2.75) is 40.7 Å². The maximum Gasteiger partial charge on any atom is 0.197 e. The van der Waals surface area contributed by atoms with Gasteiger partial charge in [-0.1, -0.05) is 6.58 Å². The van der Waals surface area contributed by atoms with Gasteiger partial charge in [-0.05, 0) is 89.2 Å². The van der Waals surface area contributed by atoms with Crippen LogP contribution in [0.1, 0.15) is 43.8 Å². The summed E-state index contributed by atoms with van der Waals surface area (Å²) in [6.45, 7) is 15.9. The van der Waals surface area contributed by atoms with Gasteiger partial charge in [-0.15, -0.1) is 0 Å². The molecule has 0 atom stereocenters. The van der Waals surface area contributed by atoms with Crippen molar-refractivity contribution in [3.63, 3.8) is 0 Å². The number of benzene rings is 2. The van der Waals surface area contributed by atoms with E-state index in [4.69, 9.17) is 10.5 Å². The lowest BCUT2D eigenvalue weighted by Gasteiger charge is -2.25. The van der Waals surface area contributed by atoms with E-state index in [1.807, 2.05) is 36.6 Å². The Morgan fingerprint density at radius 3 is 2.51 bits per heavy atom. The van der Waals surface area contributed by atoms with Gasteiger partial charge >= 0.3 is 0 Å². The Morgan fingerprint density at radius 1 is 1.21 bits per heavy atom. The number of guanidine groups is 1. The molecule has 0 aliphatic heterocycles. The zero-order valence-corrected chi connectivity index (χ0v) is 24.7. The predicted molar refractivity (Wildman–Crippen MR) is 162 cm³/mol. The lowest BCUT2D eigenvalue weighted by atomic mass is 10.0. The number of aromatic nitrogens is 2. The molecular formula is C30H42FN7O. The second-order valence-corrected chi connectivity index (χ2v) is 10.4.